The van der Waals surface area contributed by atoms with Gasteiger partial charge in [-0.05, 0) is 24.6 Å². The van der Waals surface area contributed by atoms with Crippen molar-refractivity contribution in [3.8, 4) is 0 Å². The minimum absolute atomic E-state index is 0.0401. The molecule has 0 bridgehead atoms. The molecule has 108 valence electrons. The van der Waals surface area contributed by atoms with Crippen molar-refractivity contribution in [2.45, 2.75) is 13.0 Å². The van der Waals surface area contributed by atoms with Crippen LogP contribution in [0.3, 0.4) is 0 Å². The van der Waals surface area contributed by atoms with Crippen LogP contribution in [0.5, 0.6) is 0 Å². The number of carbonyl (C=O) groups is 2. The van der Waals surface area contributed by atoms with E-state index in [9.17, 15) is 9.59 Å². The summed E-state index contributed by atoms with van der Waals surface area (Å²) in [5, 5.41) is 5.90. The lowest BCUT2D eigenvalue weighted by molar-refractivity contribution is -0.137. The second-order valence-corrected chi connectivity index (χ2v) is 5.74. The quantitative estimate of drug-likeness (QED) is 0.862. The Kier molecular flexibility index (Phi) is 5.14. The highest BCUT2D eigenvalue weighted by Gasteiger charge is 2.21. The number of amides is 2. The van der Waals surface area contributed by atoms with E-state index in [2.05, 4.69) is 26.6 Å². The van der Waals surface area contributed by atoms with Crippen LogP contribution < -0.4 is 10.6 Å². The van der Waals surface area contributed by atoms with Crippen molar-refractivity contribution in [3.63, 3.8) is 0 Å². The Morgan fingerprint density at radius 3 is 3.05 bits per heavy atom. The summed E-state index contributed by atoms with van der Waals surface area (Å²) in [5.41, 5.74) is 1.11. The Morgan fingerprint density at radius 2 is 2.35 bits per heavy atom. The second kappa shape index (κ2) is 6.85. The number of carbonyl (C=O) groups excluding carboxylic acids is 2. The molecule has 1 heterocycles. The van der Waals surface area contributed by atoms with Crippen LogP contribution in [0, 0.1) is 0 Å². The molecule has 5 nitrogen and oxygen atoms in total. The zero-order valence-corrected chi connectivity index (χ0v) is 12.9. The molecular formula is C14H18BrN3O2. The van der Waals surface area contributed by atoms with Gasteiger partial charge in [0.15, 0.2) is 0 Å². The summed E-state index contributed by atoms with van der Waals surface area (Å²) in [5.74, 6) is -0.133. The van der Waals surface area contributed by atoms with E-state index in [1.165, 1.54) is 0 Å². The first-order valence-corrected chi connectivity index (χ1v) is 7.39. The monoisotopic (exact) mass is 339 g/mol. The molecule has 1 atom stereocenters. The number of halogens is 1. The van der Waals surface area contributed by atoms with Gasteiger partial charge in [-0.15, -0.1) is 0 Å². The van der Waals surface area contributed by atoms with E-state index in [-0.39, 0.29) is 30.9 Å². The van der Waals surface area contributed by atoms with Crippen molar-refractivity contribution in [2.75, 3.05) is 26.2 Å². The van der Waals surface area contributed by atoms with Crippen molar-refractivity contribution < 1.29 is 9.59 Å². The molecule has 1 aromatic carbocycles. The number of rotatable bonds is 4. The normalized spacial score (nSPS) is 16.7. The molecule has 2 amide bonds. The number of hydrogen-bond donors (Lipinski definition) is 2. The van der Waals surface area contributed by atoms with E-state index < -0.39 is 0 Å². The van der Waals surface area contributed by atoms with Crippen LogP contribution in [0.4, 0.5) is 0 Å². The van der Waals surface area contributed by atoms with Crippen molar-refractivity contribution in [1.29, 1.82) is 0 Å². The number of piperazine rings is 1. The maximum atomic E-state index is 12.0. The Labute approximate surface area is 126 Å². The first-order chi connectivity index (χ1) is 9.56. The number of benzene rings is 1. The summed E-state index contributed by atoms with van der Waals surface area (Å²) >= 11 is 3.43. The minimum Gasteiger partial charge on any atom is -0.353 e. The molecule has 2 rings (SSSR count). The molecule has 0 saturated carbocycles. The predicted octanol–water partition coefficient (Wildman–Crippen LogP) is 1.06. The van der Waals surface area contributed by atoms with Crippen LogP contribution in [0.25, 0.3) is 0 Å². The lowest BCUT2D eigenvalue weighted by Gasteiger charge is -2.27. The summed E-state index contributed by atoms with van der Waals surface area (Å²) in [6.07, 6.45) is 0. The summed E-state index contributed by atoms with van der Waals surface area (Å²) in [6.45, 7) is 3.52. The standard InChI is InChI=1S/C14H18BrN3O2/c1-10(11-3-2-4-12(15)7-11)17-8-14(20)18-6-5-16-13(19)9-18/h2-4,7,10,17H,5-6,8-9H2,1H3,(H,16,19)/t10-/m1/s1. The molecule has 0 aliphatic carbocycles. The van der Waals surface area contributed by atoms with Crippen molar-refractivity contribution in [2.24, 2.45) is 0 Å². The van der Waals surface area contributed by atoms with E-state index in [1.54, 1.807) is 4.90 Å². The highest BCUT2D eigenvalue weighted by atomic mass is 79.9. The van der Waals surface area contributed by atoms with Gasteiger partial charge in [0.1, 0.15) is 0 Å². The van der Waals surface area contributed by atoms with Crippen LogP contribution in [0.2, 0.25) is 0 Å². The Bertz CT molecular complexity index is 507. The fourth-order valence-corrected chi connectivity index (χ4v) is 2.51. The molecule has 1 saturated heterocycles. The molecular weight excluding hydrogens is 322 g/mol. The topological polar surface area (TPSA) is 61.4 Å². The van der Waals surface area contributed by atoms with Gasteiger partial charge in [0.25, 0.3) is 0 Å². The van der Waals surface area contributed by atoms with Crippen LogP contribution >= 0.6 is 15.9 Å². The number of nitrogens with zero attached hydrogens (tertiary/aromatic N) is 1. The van der Waals surface area contributed by atoms with Gasteiger partial charge >= 0.3 is 0 Å². The summed E-state index contributed by atoms with van der Waals surface area (Å²) < 4.78 is 1.02. The van der Waals surface area contributed by atoms with Crippen LogP contribution in [-0.4, -0.2) is 42.9 Å². The highest BCUT2D eigenvalue weighted by molar-refractivity contribution is 9.10. The second-order valence-electron chi connectivity index (χ2n) is 4.82. The smallest absolute Gasteiger partial charge is 0.239 e. The van der Waals surface area contributed by atoms with E-state index in [0.717, 1.165) is 10.0 Å². The number of hydrogen-bond acceptors (Lipinski definition) is 3. The van der Waals surface area contributed by atoms with E-state index >= 15 is 0 Å². The zero-order valence-electron chi connectivity index (χ0n) is 11.4. The van der Waals surface area contributed by atoms with E-state index in [1.807, 2.05) is 31.2 Å². The van der Waals surface area contributed by atoms with Crippen LogP contribution in [0.15, 0.2) is 28.7 Å². The Hall–Kier alpha value is -1.40. The zero-order chi connectivity index (χ0) is 14.5. The van der Waals surface area contributed by atoms with E-state index in [0.29, 0.717) is 13.1 Å². The van der Waals surface area contributed by atoms with Gasteiger partial charge in [0.2, 0.25) is 11.8 Å². The van der Waals surface area contributed by atoms with Crippen molar-refractivity contribution >= 4 is 27.7 Å². The van der Waals surface area contributed by atoms with Crippen molar-refractivity contribution in [1.82, 2.24) is 15.5 Å². The minimum atomic E-state index is -0.0929. The SMILES string of the molecule is C[C@@H](NCC(=O)N1CCNC(=O)C1)c1cccc(Br)c1. The molecule has 1 aliphatic rings. The molecule has 1 aliphatic heterocycles. The van der Waals surface area contributed by atoms with Crippen LogP contribution in [0.1, 0.15) is 18.5 Å². The highest BCUT2D eigenvalue weighted by Crippen LogP contribution is 2.17. The Balaban J connectivity index is 1.85. The molecule has 6 heteroatoms. The van der Waals surface area contributed by atoms with Gasteiger partial charge in [-0.3, -0.25) is 9.59 Å². The summed E-state index contributed by atoms with van der Waals surface area (Å²) in [7, 11) is 0. The third-order valence-corrected chi connectivity index (χ3v) is 3.79. The molecule has 0 unspecified atom stereocenters. The number of nitrogens with one attached hydrogen (secondary N) is 2. The fraction of sp³-hybridized carbons (Fsp3) is 0.429. The van der Waals surface area contributed by atoms with Gasteiger partial charge in [-0.25, -0.2) is 0 Å². The van der Waals surface area contributed by atoms with E-state index in [4.69, 9.17) is 0 Å². The average molecular weight is 340 g/mol. The largest absolute Gasteiger partial charge is 0.353 e. The molecule has 0 spiro atoms. The lowest BCUT2D eigenvalue weighted by Crippen LogP contribution is -2.52. The lowest BCUT2D eigenvalue weighted by atomic mass is 10.1. The fourth-order valence-electron chi connectivity index (χ4n) is 2.10. The average Bonchev–Trinajstić information content (AvgIpc) is 2.44. The predicted molar refractivity (Wildman–Crippen MR) is 80.1 cm³/mol. The third kappa shape index (κ3) is 4.05. The third-order valence-electron chi connectivity index (χ3n) is 3.30. The maximum Gasteiger partial charge on any atom is 0.239 e. The van der Waals surface area contributed by atoms with Crippen molar-refractivity contribution in [3.05, 3.63) is 34.3 Å². The van der Waals surface area contributed by atoms with Crippen LogP contribution in [-0.2, 0) is 9.59 Å². The summed E-state index contributed by atoms with van der Waals surface area (Å²) in [4.78, 5) is 24.8. The molecule has 0 radical (unpaired) electrons. The molecule has 1 fully saturated rings. The Morgan fingerprint density at radius 1 is 1.55 bits per heavy atom. The molecule has 0 aromatic heterocycles. The summed E-state index contributed by atoms with van der Waals surface area (Å²) in [6, 6.07) is 8.05. The maximum absolute atomic E-state index is 12.0. The van der Waals surface area contributed by atoms with Gasteiger partial charge in [-0.2, -0.15) is 0 Å². The van der Waals surface area contributed by atoms with Gasteiger partial charge < -0.3 is 15.5 Å². The first-order valence-electron chi connectivity index (χ1n) is 6.59. The van der Waals surface area contributed by atoms with Gasteiger partial charge in [-0.1, -0.05) is 28.1 Å². The first kappa shape index (κ1) is 15.0. The molecule has 20 heavy (non-hydrogen) atoms. The molecule has 1 aromatic rings. The molecule has 2 N–H and O–H groups in total. The van der Waals surface area contributed by atoms with Gasteiger partial charge in [0.05, 0.1) is 13.1 Å². The van der Waals surface area contributed by atoms with Gasteiger partial charge in [0, 0.05) is 23.6 Å².